The van der Waals surface area contributed by atoms with Gasteiger partial charge in [0.2, 0.25) is 5.88 Å². The lowest BCUT2D eigenvalue weighted by Gasteiger charge is -2.16. The van der Waals surface area contributed by atoms with Crippen LogP contribution in [0.3, 0.4) is 0 Å². The van der Waals surface area contributed by atoms with Crippen molar-refractivity contribution in [1.82, 2.24) is 9.97 Å². The molecular formula is C21H19F3N2O2. The van der Waals surface area contributed by atoms with E-state index in [0.717, 1.165) is 6.20 Å². The van der Waals surface area contributed by atoms with Crippen molar-refractivity contribution in [2.45, 2.75) is 19.3 Å². The van der Waals surface area contributed by atoms with Crippen LogP contribution >= 0.6 is 0 Å². The quantitative estimate of drug-likeness (QED) is 0.545. The Balaban J connectivity index is 1.92. The molecule has 0 atom stereocenters. The van der Waals surface area contributed by atoms with Gasteiger partial charge in [-0.1, -0.05) is 6.92 Å². The van der Waals surface area contributed by atoms with Crippen molar-refractivity contribution < 1.29 is 22.6 Å². The summed E-state index contributed by atoms with van der Waals surface area (Å²) in [7, 11) is 1.22. The molecule has 3 rings (SSSR count). The SMILES string of the molecule is CCc1c(F)cncc1-c1cccnc1Oc1ccc(C(F)(F)COC)cc1. The Morgan fingerprint density at radius 2 is 1.79 bits per heavy atom. The number of hydrogen-bond donors (Lipinski definition) is 0. The van der Waals surface area contributed by atoms with Crippen LogP contribution in [0, 0.1) is 5.82 Å². The fourth-order valence-electron chi connectivity index (χ4n) is 2.87. The molecule has 2 heterocycles. The molecule has 3 aromatic rings. The fourth-order valence-corrected chi connectivity index (χ4v) is 2.87. The van der Waals surface area contributed by atoms with Crippen LogP contribution in [0.1, 0.15) is 18.1 Å². The summed E-state index contributed by atoms with van der Waals surface area (Å²) in [5.41, 5.74) is 1.47. The number of nitrogens with zero attached hydrogens (tertiary/aromatic N) is 2. The van der Waals surface area contributed by atoms with E-state index in [9.17, 15) is 13.2 Å². The maximum absolute atomic E-state index is 14.1. The summed E-state index contributed by atoms with van der Waals surface area (Å²) < 4.78 is 52.3. The Hall–Kier alpha value is -2.93. The van der Waals surface area contributed by atoms with Crippen molar-refractivity contribution in [2.75, 3.05) is 13.7 Å². The summed E-state index contributed by atoms with van der Waals surface area (Å²) in [6.45, 7) is 1.14. The number of aromatic nitrogens is 2. The number of ether oxygens (including phenoxy) is 2. The number of rotatable bonds is 7. The van der Waals surface area contributed by atoms with Crippen LogP contribution in [0.5, 0.6) is 11.6 Å². The zero-order valence-corrected chi connectivity index (χ0v) is 15.5. The molecular weight excluding hydrogens is 369 g/mol. The summed E-state index contributed by atoms with van der Waals surface area (Å²) in [5, 5.41) is 0. The minimum atomic E-state index is -3.09. The van der Waals surface area contributed by atoms with E-state index in [-0.39, 0.29) is 11.4 Å². The Labute approximate surface area is 161 Å². The number of alkyl halides is 2. The molecule has 4 nitrogen and oxygen atoms in total. The van der Waals surface area contributed by atoms with Crippen molar-refractivity contribution in [2.24, 2.45) is 0 Å². The Kier molecular flexibility index (Phi) is 5.94. The summed E-state index contributed by atoms with van der Waals surface area (Å²) in [4.78, 5) is 8.14. The highest BCUT2D eigenvalue weighted by atomic mass is 19.3. The smallest absolute Gasteiger partial charge is 0.296 e. The second kappa shape index (κ2) is 8.39. The fraction of sp³-hybridized carbons (Fsp3) is 0.238. The standard InChI is InChI=1S/C21H19F3N2O2/c1-3-16-18(11-25-12-19(16)22)17-5-4-10-26-20(17)28-15-8-6-14(7-9-15)21(23,24)13-27-2/h4-12H,3,13H2,1-2H3. The van der Waals surface area contributed by atoms with Gasteiger partial charge in [0, 0.05) is 36.2 Å². The highest BCUT2D eigenvalue weighted by Gasteiger charge is 2.31. The first-order valence-electron chi connectivity index (χ1n) is 8.69. The van der Waals surface area contributed by atoms with Gasteiger partial charge < -0.3 is 9.47 Å². The molecule has 0 unspecified atom stereocenters. The second-order valence-electron chi connectivity index (χ2n) is 6.12. The summed E-state index contributed by atoms with van der Waals surface area (Å²) in [6.07, 6.45) is 4.73. The summed E-state index contributed by atoms with van der Waals surface area (Å²) in [6, 6.07) is 8.88. The van der Waals surface area contributed by atoms with Crippen molar-refractivity contribution in [1.29, 1.82) is 0 Å². The van der Waals surface area contributed by atoms with Crippen LogP contribution in [-0.2, 0) is 17.1 Å². The van der Waals surface area contributed by atoms with Gasteiger partial charge in [-0.05, 0) is 48.4 Å². The van der Waals surface area contributed by atoms with E-state index in [2.05, 4.69) is 14.7 Å². The van der Waals surface area contributed by atoms with E-state index in [1.165, 1.54) is 37.6 Å². The van der Waals surface area contributed by atoms with Gasteiger partial charge in [-0.15, -0.1) is 0 Å². The minimum Gasteiger partial charge on any atom is -0.438 e. The van der Waals surface area contributed by atoms with Crippen LogP contribution in [0.2, 0.25) is 0 Å². The normalized spacial score (nSPS) is 11.5. The first-order valence-corrected chi connectivity index (χ1v) is 8.69. The largest absolute Gasteiger partial charge is 0.438 e. The molecule has 28 heavy (non-hydrogen) atoms. The van der Waals surface area contributed by atoms with Gasteiger partial charge in [0.1, 0.15) is 18.2 Å². The Morgan fingerprint density at radius 3 is 2.46 bits per heavy atom. The average molecular weight is 388 g/mol. The van der Waals surface area contributed by atoms with Crippen molar-refractivity contribution >= 4 is 0 Å². The van der Waals surface area contributed by atoms with Gasteiger partial charge in [-0.25, -0.2) is 9.37 Å². The minimum absolute atomic E-state index is 0.175. The van der Waals surface area contributed by atoms with Gasteiger partial charge in [-0.3, -0.25) is 4.98 Å². The highest BCUT2D eigenvalue weighted by molar-refractivity contribution is 5.71. The van der Waals surface area contributed by atoms with Crippen LogP contribution in [-0.4, -0.2) is 23.7 Å². The van der Waals surface area contributed by atoms with E-state index in [0.29, 0.717) is 28.9 Å². The number of pyridine rings is 2. The van der Waals surface area contributed by atoms with E-state index < -0.39 is 18.3 Å². The van der Waals surface area contributed by atoms with Gasteiger partial charge in [0.05, 0.1) is 6.20 Å². The molecule has 0 amide bonds. The van der Waals surface area contributed by atoms with Crippen LogP contribution in [0.25, 0.3) is 11.1 Å². The molecule has 146 valence electrons. The third-order valence-corrected chi connectivity index (χ3v) is 4.24. The lowest BCUT2D eigenvalue weighted by atomic mass is 10.0. The topological polar surface area (TPSA) is 44.2 Å². The summed E-state index contributed by atoms with van der Waals surface area (Å²) in [5.74, 6) is -2.92. The van der Waals surface area contributed by atoms with Crippen molar-refractivity contribution in [3.05, 3.63) is 71.9 Å². The van der Waals surface area contributed by atoms with Crippen LogP contribution in [0.4, 0.5) is 13.2 Å². The molecule has 0 aliphatic rings. The lowest BCUT2D eigenvalue weighted by molar-refractivity contribution is -0.0698. The third-order valence-electron chi connectivity index (χ3n) is 4.24. The molecule has 0 saturated carbocycles. The molecule has 0 aliphatic carbocycles. The maximum atomic E-state index is 14.1. The van der Waals surface area contributed by atoms with Crippen LogP contribution < -0.4 is 4.74 Å². The zero-order chi connectivity index (χ0) is 20.1. The zero-order valence-electron chi connectivity index (χ0n) is 15.5. The average Bonchev–Trinajstić information content (AvgIpc) is 2.69. The molecule has 0 bridgehead atoms. The van der Waals surface area contributed by atoms with E-state index >= 15 is 0 Å². The number of benzene rings is 1. The Morgan fingerprint density at radius 1 is 1.04 bits per heavy atom. The molecule has 7 heteroatoms. The Bertz CT molecular complexity index is 947. The number of methoxy groups -OCH3 is 1. The highest BCUT2D eigenvalue weighted by Crippen LogP contribution is 2.35. The molecule has 2 aromatic heterocycles. The van der Waals surface area contributed by atoms with Crippen LogP contribution in [0.15, 0.2) is 55.0 Å². The van der Waals surface area contributed by atoms with E-state index in [4.69, 9.17) is 4.74 Å². The molecule has 0 aliphatic heterocycles. The molecule has 0 saturated heterocycles. The van der Waals surface area contributed by atoms with Gasteiger partial charge in [0.25, 0.3) is 5.92 Å². The monoisotopic (exact) mass is 388 g/mol. The van der Waals surface area contributed by atoms with Crippen molar-refractivity contribution in [3.8, 4) is 22.8 Å². The number of halogens is 3. The molecule has 0 radical (unpaired) electrons. The predicted molar refractivity (Wildman–Crippen MR) is 99.1 cm³/mol. The predicted octanol–water partition coefficient (Wildman–Crippen LogP) is 5.38. The van der Waals surface area contributed by atoms with Gasteiger partial charge >= 0.3 is 0 Å². The van der Waals surface area contributed by atoms with Gasteiger partial charge in [-0.2, -0.15) is 8.78 Å². The van der Waals surface area contributed by atoms with E-state index in [1.54, 1.807) is 18.3 Å². The number of hydrogen-bond acceptors (Lipinski definition) is 4. The molecule has 0 spiro atoms. The lowest BCUT2D eigenvalue weighted by Crippen LogP contribution is -2.19. The third kappa shape index (κ3) is 4.14. The van der Waals surface area contributed by atoms with Gasteiger partial charge in [0.15, 0.2) is 0 Å². The van der Waals surface area contributed by atoms with Crippen molar-refractivity contribution in [3.63, 3.8) is 0 Å². The summed E-state index contributed by atoms with van der Waals surface area (Å²) >= 11 is 0. The first kappa shape index (κ1) is 19.8. The first-order chi connectivity index (χ1) is 13.5. The second-order valence-corrected chi connectivity index (χ2v) is 6.12. The molecule has 0 N–H and O–H groups in total. The molecule has 1 aromatic carbocycles. The van der Waals surface area contributed by atoms with E-state index in [1.807, 2.05) is 6.92 Å². The molecule has 0 fully saturated rings. The maximum Gasteiger partial charge on any atom is 0.296 e.